The zero-order chi connectivity index (χ0) is 13.7. The Kier molecular flexibility index (Phi) is 4.23. The highest BCUT2D eigenvalue weighted by atomic mass is 16.5. The number of ether oxygens (including phenoxy) is 1. The van der Waals surface area contributed by atoms with Crippen LogP contribution in [0.15, 0.2) is 42.7 Å². The second-order valence-corrected chi connectivity index (χ2v) is 4.37. The molecule has 2 rings (SSSR count). The van der Waals surface area contributed by atoms with Crippen LogP contribution in [0.3, 0.4) is 0 Å². The molecule has 4 heteroatoms. The number of aromatic nitrogens is 1. The van der Waals surface area contributed by atoms with Gasteiger partial charge in [0.2, 0.25) is 0 Å². The molecule has 0 aliphatic heterocycles. The van der Waals surface area contributed by atoms with Gasteiger partial charge in [0.05, 0.1) is 6.61 Å². The summed E-state index contributed by atoms with van der Waals surface area (Å²) in [5, 5.41) is 3.41. The Labute approximate surface area is 113 Å². The van der Waals surface area contributed by atoms with Crippen molar-refractivity contribution in [1.82, 2.24) is 4.98 Å². The first-order valence-electron chi connectivity index (χ1n) is 6.39. The summed E-state index contributed by atoms with van der Waals surface area (Å²) in [6.07, 6.45) is 3.58. The zero-order valence-corrected chi connectivity index (χ0v) is 11.3. The van der Waals surface area contributed by atoms with Crippen LogP contribution in [0.2, 0.25) is 0 Å². The van der Waals surface area contributed by atoms with Crippen molar-refractivity contribution >= 4 is 11.4 Å². The molecular weight excluding hydrogens is 238 g/mol. The van der Waals surface area contributed by atoms with E-state index >= 15 is 0 Å². The Morgan fingerprint density at radius 3 is 2.68 bits per heavy atom. The van der Waals surface area contributed by atoms with Crippen molar-refractivity contribution in [2.75, 3.05) is 17.7 Å². The van der Waals surface area contributed by atoms with E-state index in [0.717, 1.165) is 11.4 Å². The molecule has 0 spiro atoms. The first-order valence-corrected chi connectivity index (χ1v) is 6.39. The molecule has 0 aliphatic carbocycles. The Morgan fingerprint density at radius 2 is 2.00 bits per heavy atom. The number of nitrogen functional groups attached to an aromatic ring is 1. The molecule has 0 amide bonds. The molecule has 1 aromatic heterocycles. The number of nitrogens with one attached hydrogen (secondary N) is 1. The van der Waals surface area contributed by atoms with Gasteiger partial charge in [-0.25, -0.2) is 0 Å². The Balaban J connectivity index is 2.14. The monoisotopic (exact) mass is 257 g/mol. The highest BCUT2D eigenvalue weighted by molar-refractivity contribution is 5.59. The molecule has 2 aromatic rings. The van der Waals surface area contributed by atoms with E-state index in [-0.39, 0.29) is 6.04 Å². The van der Waals surface area contributed by atoms with Crippen molar-refractivity contribution in [3.05, 3.63) is 48.3 Å². The molecule has 1 heterocycles. The van der Waals surface area contributed by atoms with E-state index in [1.54, 1.807) is 12.4 Å². The topological polar surface area (TPSA) is 60.2 Å². The van der Waals surface area contributed by atoms with Crippen molar-refractivity contribution in [2.45, 2.75) is 19.9 Å². The molecule has 1 aromatic carbocycles. The van der Waals surface area contributed by atoms with Gasteiger partial charge in [0.1, 0.15) is 5.75 Å². The highest BCUT2D eigenvalue weighted by Gasteiger charge is 2.06. The van der Waals surface area contributed by atoms with E-state index < -0.39 is 0 Å². The van der Waals surface area contributed by atoms with E-state index in [4.69, 9.17) is 10.5 Å². The quantitative estimate of drug-likeness (QED) is 0.807. The molecule has 100 valence electrons. The summed E-state index contributed by atoms with van der Waals surface area (Å²) < 4.78 is 5.48. The molecule has 19 heavy (non-hydrogen) atoms. The lowest BCUT2D eigenvalue weighted by atomic mass is 10.1. The van der Waals surface area contributed by atoms with E-state index in [1.807, 2.05) is 37.3 Å². The largest absolute Gasteiger partial charge is 0.494 e. The van der Waals surface area contributed by atoms with Crippen molar-refractivity contribution in [1.29, 1.82) is 0 Å². The first kappa shape index (κ1) is 13.2. The maximum Gasteiger partial charge on any atom is 0.123 e. The summed E-state index contributed by atoms with van der Waals surface area (Å²) in [7, 11) is 0. The van der Waals surface area contributed by atoms with Crippen molar-refractivity contribution in [3.8, 4) is 5.75 Å². The van der Waals surface area contributed by atoms with Gasteiger partial charge in [-0.2, -0.15) is 0 Å². The van der Waals surface area contributed by atoms with E-state index in [1.165, 1.54) is 5.56 Å². The SMILES string of the molecule is CCOc1cc(N)cc(NC(C)c2ccncc2)c1. The number of pyridine rings is 1. The smallest absolute Gasteiger partial charge is 0.123 e. The van der Waals surface area contributed by atoms with Crippen LogP contribution in [0.1, 0.15) is 25.5 Å². The van der Waals surface area contributed by atoms with Gasteiger partial charge in [-0.15, -0.1) is 0 Å². The fraction of sp³-hybridized carbons (Fsp3) is 0.267. The minimum Gasteiger partial charge on any atom is -0.494 e. The van der Waals surface area contributed by atoms with Gasteiger partial charge < -0.3 is 15.8 Å². The number of nitrogens with zero attached hydrogens (tertiary/aromatic N) is 1. The maximum atomic E-state index is 5.87. The highest BCUT2D eigenvalue weighted by Crippen LogP contribution is 2.26. The summed E-state index contributed by atoms with van der Waals surface area (Å²) in [4.78, 5) is 4.02. The van der Waals surface area contributed by atoms with Crippen LogP contribution < -0.4 is 15.8 Å². The molecule has 1 atom stereocenters. The van der Waals surface area contributed by atoms with Crippen molar-refractivity contribution in [2.24, 2.45) is 0 Å². The minimum absolute atomic E-state index is 0.180. The molecule has 0 aliphatic rings. The minimum atomic E-state index is 0.180. The molecule has 4 nitrogen and oxygen atoms in total. The van der Waals surface area contributed by atoms with Gasteiger partial charge in [-0.3, -0.25) is 4.98 Å². The number of hydrogen-bond donors (Lipinski definition) is 2. The van der Waals surface area contributed by atoms with Gasteiger partial charge in [-0.1, -0.05) is 0 Å². The number of nitrogens with two attached hydrogens (primary N) is 1. The first-order chi connectivity index (χ1) is 9.19. The lowest BCUT2D eigenvalue weighted by Gasteiger charge is -2.17. The van der Waals surface area contributed by atoms with Gasteiger partial charge in [0.25, 0.3) is 0 Å². The third-order valence-electron chi connectivity index (χ3n) is 2.83. The number of anilines is 2. The Morgan fingerprint density at radius 1 is 1.26 bits per heavy atom. The molecule has 1 unspecified atom stereocenters. The summed E-state index contributed by atoms with van der Waals surface area (Å²) in [5.41, 5.74) is 8.69. The molecule has 0 radical (unpaired) electrons. The lowest BCUT2D eigenvalue weighted by Crippen LogP contribution is -2.07. The van der Waals surface area contributed by atoms with E-state index in [2.05, 4.69) is 17.2 Å². The van der Waals surface area contributed by atoms with Crippen LogP contribution in [-0.4, -0.2) is 11.6 Å². The fourth-order valence-electron chi connectivity index (χ4n) is 1.94. The Bertz CT molecular complexity index is 528. The fourth-order valence-corrected chi connectivity index (χ4v) is 1.94. The number of rotatable bonds is 5. The van der Waals surface area contributed by atoms with E-state index in [0.29, 0.717) is 12.3 Å². The molecule has 0 fully saturated rings. The third-order valence-corrected chi connectivity index (χ3v) is 2.83. The van der Waals surface area contributed by atoms with Crippen LogP contribution in [-0.2, 0) is 0 Å². The predicted molar refractivity (Wildman–Crippen MR) is 78.3 cm³/mol. The molecule has 0 saturated heterocycles. The number of hydrogen-bond acceptors (Lipinski definition) is 4. The molecule has 3 N–H and O–H groups in total. The van der Waals surface area contributed by atoms with Gasteiger partial charge in [0, 0.05) is 41.9 Å². The average Bonchev–Trinajstić information content (AvgIpc) is 2.39. The van der Waals surface area contributed by atoms with Crippen LogP contribution in [0, 0.1) is 0 Å². The van der Waals surface area contributed by atoms with Crippen LogP contribution in [0.4, 0.5) is 11.4 Å². The second kappa shape index (κ2) is 6.09. The van der Waals surface area contributed by atoms with Crippen LogP contribution >= 0.6 is 0 Å². The maximum absolute atomic E-state index is 5.87. The summed E-state index contributed by atoms with van der Waals surface area (Å²) in [6, 6.07) is 9.85. The number of benzene rings is 1. The van der Waals surface area contributed by atoms with Crippen LogP contribution in [0.25, 0.3) is 0 Å². The predicted octanol–water partition coefficient (Wildman–Crippen LogP) is 3.24. The zero-order valence-electron chi connectivity index (χ0n) is 11.3. The molecule has 0 saturated carbocycles. The van der Waals surface area contributed by atoms with E-state index in [9.17, 15) is 0 Å². The molecular formula is C15H19N3O. The van der Waals surface area contributed by atoms with Gasteiger partial charge >= 0.3 is 0 Å². The van der Waals surface area contributed by atoms with Crippen molar-refractivity contribution < 1.29 is 4.74 Å². The summed E-state index contributed by atoms with van der Waals surface area (Å²) >= 11 is 0. The van der Waals surface area contributed by atoms with Gasteiger partial charge in [0.15, 0.2) is 0 Å². The second-order valence-electron chi connectivity index (χ2n) is 4.37. The Hall–Kier alpha value is -2.23. The molecule has 0 bridgehead atoms. The normalized spacial score (nSPS) is 11.9. The third kappa shape index (κ3) is 3.61. The average molecular weight is 257 g/mol. The summed E-state index contributed by atoms with van der Waals surface area (Å²) in [6.45, 7) is 4.68. The summed E-state index contributed by atoms with van der Waals surface area (Å²) in [5.74, 6) is 0.784. The van der Waals surface area contributed by atoms with Crippen LogP contribution in [0.5, 0.6) is 5.75 Å². The van der Waals surface area contributed by atoms with Gasteiger partial charge in [-0.05, 0) is 37.6 Å². The standard InChI is InChI=1S/C15H19N3O/c1-3-19-15-9-13(16)8-14(10-15)18-11(2)12-4-6-17-7-5-12/h4-11,18H,3,16H2,1-2H3. The lowest BCUT2D eigenvalue weighted by molar-refractivity contribution is 0.340. The van der Waals surface area contributed by atoms with Crippen molar-refractivity contribution in [3.63, 3.8) is 0 Å².